The van der Waals surface area contributed by atoms with Crippen LogP contribution >= 0.6 is 0 Å². The third-order valence-electron chi connectivity index (χ3n) is 5.85. The highest BCUT2D eigenvalue weighted by Crippen LogP contribution is 2.31. The number of piperazine rings is 1. The molecule has 0 saturated carbocycles. The van der Waals surface area contributed by atoms with Gasteiger partial charge in [-0.2, -0.15) is 5.10 Å². The Bertz CT molecular complexity index is 915. The summed E-state index contributed by atoms with van der Waals surface area (Å²) in [5.41, 5.74) is 1.95. The molecule has 1 aromatic carbocycles. The SMILES string of the molecule is C[C@@H]1CNC[C@H](C)N1CCNc1cccc2c(N3CCC(=O)NC3=O)nn(C)c12. The van der Waals surface area contributed by atoms with E-state index in [1.807, 2.05) is 25.2 Å². The summed E-state index contributed by atoms with van der Waals surface area (Å²) in [6.07, 6.45) is 0.281. The fourth-order valence-corrected chi connectivity index (χ4v) is 4.36. The Morgan fingerprint density at radius 2 is 1.97 bits per heavy atom. The Balaban J connectivity index is 1.53. The number of fused-ring (bicyclic) bond motifs is 1. The average molecular weight is 399 g/mol. The molecule has 3 heterocycles. The molecule has 0 radical (unpaired) electrons. The zero-order valence-electron chi connectivity index (χ0n) is 17.2. The molecule has 1 aromatic heterocycles. The lowest BCUT2D eigenvalue weighted by atomic mass is 10.1. The summed E-state index contributed by atoms with van der Waals surface area (Å²) in [7, 11) is 1.88. The third-order valence-corrected chi connectivity index (χ3v) is 5.85. The van der Waals surface area contributed by atoms with E-state index >= 15 is 0 Å². The van der Waals surface area contributed by atoms with Gasteiger partial charge in [-0.3, -0.25) is 24.6 Å². The predicted molar refractivity (Wildman–Crippen MR) is 113 cm³/mol. The number of benzene rings is 1. The van der Waals surface area contributed by atoms with E-state index in [0.29, 0.717) is 24.4 Å². The number of rotatable bonds is 5. The third kappa shape index (κ3) is 3.79. The molecular weight excluding hydrogens is 370 g/mol. The van der Waals surface area contributed by atoms with Crippen molar-refractivity contribution in [2.24, 2.45) is 7.05 Å². The van der Waals surface area contributed by atoms with Crippen LogP contribution in [0.1, 0.15) is 20.3 Å². The van der Waals surface area contributed by atoms with Gasteiger partial charge in [-0.15, -0.1) is 0 Å². The van der Waals surface area contributed by atoms with Crippen molar-refractivity contribution in [3.05, 3.63) is 18.2 Å². The first-order chi connectivity index (χ1) is 14.0. The van der Waals surface area contributed by atoms with Crippen LogP contribution in [-0.2, 0) is 11.8 Å². The monoisotopic (exact) mass is 399 g/mol. The summed E-state index contributed by atoms with van der Waals surface area (Å²) in [6.45, 7) is 8.68. The topological polar surface area (TPSA) is 94.5 Å². The molecule has 9 heteroatoms. The first-order valence-corrected chi connectivity index (χ1v) is 10.2. The van der Waals surface area contributed by atoms with Crippen LogP contribution in [0.25, 0.3) is 10.9 Å². The van der Waals surface area contributed by atoms with E-state index in [0.717, 1.165) is 42.8 Å². The second-order valence-electron chi connectivity index (χ2n) is 7.92. The first kappa shape index (κ1) is 19.7. The zero-order valence-corrected chi connectivity index (χ0v) is 17.2. The van der Waals surface area contributed by atoms with Gasteiger partial charge in [0.25, 0.3) is 0 Å². The van der Waals surface area contributed by atoms with Crippen molar-refractivity contribution < 1.29 is 9.59 Å². The van der Waals surface area contributed by atoms with Gasteiger partial charge in [0.15, 0.2) is 5.82 Å². The second kappa shape index (κ2) is 8.00. The molecule has 2 aliphatic heterocycles. The molecule has 4 rings (SSSR count). The Morgan fingerprint density at radius 3 is 2.69 bits per heavy atom. The maximum atomic E-state index is 12.3. The van der Waals surface area contributed by atoms with Crippen LogP contribution in [0.5, 0.6) is 0 Å². The molecule has 2 atom stereocenters. The normalized spacial score (nSPS) is 23.5. The van der Waals surface area contributed by atoms with Crippen LogP contribution in [-0.4, -0.2) is 71.4 Å². The number of nitrogens with zero attached hydrogens (tertiary/aromatic N) is 4. The minimum atomic E-state index is -0.415. The molecular formula is C20H29N7O2. The van der Waals surface area contributed by atoms with E-state index in [2.05, 4.69) is 39.8 Å². The lowest BCUT2D eigenvalue weighted by Gasteiger charge is -2.39. The van der Waals surface area contributed by atoms with Gasteiger partial charge >= 0.3 is 6.03 Å². The number of carbonyl (C=O) groups excluding carboxylic acids is 2. The van der Waals surface area contributed by atoms with Crippen LogP contribution in [0.15, 0.2) is 18.2 Å². The molecule has 0 spiro atoms. The number of imide groups is 1. The van der Waals surface area contributed by atoms with Gasteiger partial charge in [0.2, 0.25) is 5.91 Å². The number of aryl methyl sites for hydroxylation is 1. The van der Waals surface area contributed by atoms with Gasteiger partial charge in [-0.05, 0) is 26.0 Å². The Labute approximate surface area is 170 Å². The number of nitrogens with one attached hydrogen (secondary N) is 3. The Hall–Kier alpha value is -2.65. The number of para-hydroxylation sites is 1. The minimum absolute atomic E-state index is 0.245. The van der Waals surface area contributed by atoms with E-state index < -0.39 is 6.03 Å². The summed E-state index contributed by atoms with van der Waals surface area (Å²) in [6, 6.07) is 6.59. The molecule has 156 valence electrons. The van der Waals surface area contributed by atoms with Crippen LogP contribution in [0, 0.1) is 0 Å². The summed E-state index contributed by atoms with van der Waals surface area (Å²) >= 11 is 0. The number of hydrogen-bond acceptors (Lipinski definition) is 6. The van der Waals surface area contributed by atoms with Crippen molar-refractivity contribution in [3.63, 3.8) is 0 Å². The van der Waals surface area contributed by atoms with Gasteiger partial charge in [-0.1, -0.05) is 6.07 Å². The van der Waals surface area contributed by atoms with E-state index in [-0.39, 0.29) is 12.3 Å². The molecule has 3 N–H and O–H groups in total. The number of aromatic nitrogens is 2. The number of hydrogen-bond donors (Lipinski definition) is 3. The zero-order chi connectivity index (χ0) is 20.5. The number of urea groups is 1. The van der Waals surface area contributed by atoms with Gasteiger partial charge in [-0.25, -0.2) is 4.79 Å². The van der Waals surface area contributed by atoms with Crippen LogP contribution in [0.4, 0.5) is 16.3 Å². The summed E-state index contributed by atoms with van der Waals surface area (Å²) in [5, 5.41) is 14.9. The molecule has 2 aliphatic rings. The van der Waals surface area contributed by atoms with Crippen molar-refractivity contribution in [2.75, 3.05) is 42.9 Å². The molecule has 29 heavy (non-hydrogen) atoms. The van der Waals surface area contributed by atoms with Crippen molar-refractivity contribution in [3.8, 4) is 0 Å². The number of carbonyl (C=O) groups is 2. The maximum Gasteiger partial charge on any atom is 0.329 e. The Morgan fingerprint density at radius 1 is 1.21 bits per heavy atom. The number of anilines is 2. The Kier molecular flexibility index (Phi) is 5.42. The van der Waals surface area contributed by atoms with E-state index in [4.69, 9.17) is 0 Å². The summed E-state index contributed by atoms with van der Waals surface area (Å²) < 4.78 is 1.80. The van der Waals surface area contributed by atoms with Crippen molar-refractivity contribution in [1.29, 1.82) is 0 Å². The maximum absolute atomic E-state index is 12.3. The van der Waals surface area contributed by atoms with Crippen LogP contribution in [0.2, 0.25) is 0 Å². The van der Waals surface area contributed by atoms with Crippen molar-refractivity contribution in [1.82, 2.24) is 25.3 Å². The molecule has 2 saturated heterocycles. The molecule has 0 unspecified atom stereocenters. The van der Waals surface area contributed by atoms with Gasteiger partial charge in [0.1, 0.15) is 0 Å². The highest BCUT2D eigenvalue weighted by Gasteiger charge is 2.28. The van der Waals surface area contributed by atoms with Crippen molar-refractivity contribution in [2.45, 2.75) is 32.4 Å². The van der Waals surface area contributed by atoms with Gasteiger partial charge in [0.05, 0.1) is 11.2 Å². The minimum Gasteiger partial charge on any atom is -0.382 e. The van der Waals surface area contributed by atoms with E-state index in [1.165, 1.54) is 4.90 Å². The average Bonchev–Trinajstić information content (AvgIpc) is 3.01. The summed E-state index contributed by atoms with van der Waals surface area (Å²) in [4.78, 5) is 27.8. The van der Waals surface area contributed by atoms with Crippen LogP contribution in [0.3, 0.4) is 0 Å². The predicted octanol–water partition coefficient (Wildman–Crippen LogP) is 1.11. The fraction of sp³-hybridized carbons (Fsp3) is 0.550. The smallest absolute Gasteiger partial charge is 0.329 e. The highest BCUT2D eigenvalue weighted by atomic mass is 16.2. The van der Waals surface area contributed by atoms with Crippen LogP contribution < -0.4 is 20.9 Å². The summed E-state index contributed by atoms with van der Waals surface area (Å²) in [5.74, 6) is 0.339. The second-order valence-corrected chi connectivity index (χ2v) is 7.92. The lowest BCUT2D eigenvalue weighted by molar-refractivity contribution is -0.120. The standard InChI is InChI=1S/C20H29N7O2/c1-13-11-21-12-14(2)26(13)10-8-22-16-6-4-5-15-18(16)25(3)24-19(15)27-9-7-17(28)23-20(27)29/h4-6,13-14,21-22H,7-12H2,1-3H3,(H,23,28,29)/t13-,14+. The molecule has 0 bridgehead atoms. The molecule has 2 fully saturated rings. The largest absolute Gasteiger partial charge is 0.382 e. The molecule has 9 nitrogen and oxygen atoms in total. The van der Waals surface area contributed by atoms with Crippen molar-refractivity contribution >= 4 is 34.3 Å². The lowest BCUT2D eigenvalue weighted by Crippen LogP contribution is -2.56. The first-order valence-electron chi connectivity index (χ1n) is 10.2. The van der Waals surface area contributed by atoms with Gasteiger partial charge < -0.3 is 10.6 Å². The molecule has 3 amide bonds. The quantitative estimate of drug-likeness (QED) is 0.697. The van der Waals surface area contributed by atoms with Gasteiger partial charge in [0, 0.05) is 63.7 Å². The highest BCUT2D eigenvalue weighted by molar-refractivity contribution is 6.10. The number of amides is 3. The molecule has 0 aliphatic carbocycles. The van der Waals surface area contributed by atoms with E-state index in [1.54, 1.807) is 4.68 Å². The van der Waals surface area contributed by atoms with E-state index in [9.17, 15) is 9.59 Å². The molecule has 2 aromatic rings. The fourth-order valence-electron chi connectivity index (χ4n) is 4.36.